The van der Waals surface area contributed by atoms with E-state index in [-0.39, 0.29) is 10.9 Å². The number of rotatable bonds is 5. The number of carbonyl (C=O) groups excluding carboxylic acids is 1. The fraction of sp³-hybridized carbons (Fsp3) is 0.111. The predicted octanol–water partition coefficient (Wildman–Crippen LogP) is 5.39. The van der Waals surface area contributed by atoms with E-state index in [0.717, 1.165) is 5.56 Å². The molecule has 0 saturated heterocycles. The van der Waals surface area contributed by atoms with Crippen LogP contribution in [0.1, 0.15) is 10.4 Å². The highest BCUT2D eigenvalue weighted by Crippen LogP contribution is 2.35. The monoisotopic (exact) mass is 408 g/mol. The van der Waals surface area contributed by atoms with Crippen LogP contribution in [0.25, 0.3) is 11.3 Å². The minimum atomic E-state index is -0.356. The second-order valence-electron chi connectivity index (χ2n) is 5.18. The molecule has 0 spiro atoms. The number of methoxy groups -OCH3 is 2. The van der Waals surface area contributed by atoms with Crippen molar-refractivity contribution < 1.29 is 14.3 Å². The molecule has 26 heavy (non-hydrogen) atoms. The molecule has 0 aliphatic carbocycles. The van der Waals surface area contributed by atoms with E-state index < -0.39 is 0 Å². The van der Waals surface area contributed by atoms with Crippen LogP contribution in [-0.4, -0.2) is 25.1 Å². The highest BCUT2D eigenvalue weighted by atomic mass is 35.5. The molecule has 0 bridgehead atoms. The van der Waals surface area contributed by atoms with Gasteiger partial charge in [0.25, 0.3) is 5.91 Å². The molecule has 0 radical (unpaired) electrons. The summed E-state index contributed by atoms with van der Waals surface area (Å²) < 4.78 is 10.6. The predicted molar refractivity (Wildman–Crippen MR) is 105 cm³/mol. The van der Waals surface area contributed by atoms with Gasteiger partial charge in [-0.3, -0.25) is 10.1 Å². The van der Waals surface area contributed by atoms with E-state index in [1.165, 1.54) is 17.4 Å². The lowest BCUT2D eigenvalue weighted by molar-refractivity contribution is 0.102. The number of carbonyl (C=O) groups is 1. The molecule has 3 aromatic rings. The van der Waals surface area contributed by atoms with Crippen LogP contribution in [0.4, 0.5) is 5.13 Å². The SMILES string of the molecule is COc1ccc(OC)c(-c2csc(NC(=O)c3ccc(Cl)cc3Cl)n2)c1. The summed E-state index contributed by atoms with van der Waals surface area (Å²) in [5.74, 6) is 0.993. The quantitative estimate of drug-likeness (QED) is 0.614. The minimum Gasteiger partial charge on any atom is -0.497 e. The van der Waals surface area contributed by atoms with Crippen LogP contribution in [0, 0.1) is 0 Å². The summed E-state index contributed by atoms with van der Waals surface area (Å²) >= 11 is 13.2. The molecule has 1 N–H and O–H groups in total. The van der Waals surface area contributed by atoms with Crippen molar-refractivity contribution in [1.82, 2.24) is 4.98 Å². The Hall–Kier alpha value is -2.28. The minimum absolute atomic E-state index is 0.279. The van der Waals surface area contributed by atoms with Crippen LogP contribution >= 0.6 is 34.5 Å². The van der Waals surface area contributed by atoms with Crippen LogP contribution in [0.15, 0.2) is 41.8 Å². The average Bonchev–Trinajstić information content (AvgIpc) is 3.09. The molecule has 0 atom stereocenters. The van der Waals surface area contributed by atoms with Gasteiger partial charge in [0.2, 0.25) is 0 Å². The summed E-state index contributed by atoms with van der Waals surface area (Å²) in [6.45, 7) is 0. The number of anilines is 1. The Labute approximate surface area is 164 Å². The van der Waals surface area contributed by atoms with Crippen LogP contribution < -0.4 is 14.8 Å². The van der Waals surface area contributed by atoms with Crippen LogP contribution in [0.5, 0.6) is 11.5 Å². The molecule has 1 aromatic heterocycles. The first-order chi connectivity index (χ1) is 12.5. The number of benzene rings is 2. The van der Waals surface area contributed by atoms with Crippen molar-refractivity contribution in [3.8, 4) is 22.8 Å². The maximum atomic E-state index is 12.4. The van der Waals surface area contributed by atoms with E-state index >= 15 is 0 Å². The Morgan fingerprint density at radius 1 is 1.12 bits per heavy atom. The number of ether oxygens (including phenoxy) is 2. The third-order valence-corrected chi connectivity index (χ3v) is 4.89. The number of nitrogens with zero attached hydrogens (tertiary/aromatic N) is 1. The van der Waals surface area contributed by atoms with E-state index in [2.05, 4.69) is 10.3 Å². The smallest absolute Gasteiger partial charge is 0.258 e. The molecule has 0 saturated carbocycles. The van der Waals surface area contributed by atoms with Gasteiger partial charge in [-0.1, -0.05) is 23.2 Å². The largest absolute Gasteiger partial charge is 0.497 e. The summed E-state index contributed by atoms with van der Waals surface area (Å²) in [5.41, 5.74) is 1.77. The van der Waals surface area contributed by atoms with E-state index in [1.54, 1.807) is 38.5 Å². The summed E-state index contributed by atoms with van der Waals surface area (Å²) in [6.07, 6.45) is 0. The molecule has 1 amide bonds. The molecule has 5 nitrogen and oxygen atoms in total. The Bertz CT molecular complexity index is 959. The normalized spacial score (nSPS) is 10.5. The Morgan fingerprint density at radius 3 is 2.62 bits per heavy atom. The Morgan fingerprint density at radius 2 is 1.92 bits per heavy atom. The maximum absolute atomic E-state index is 12.4. The number of hydrogen-bond donors (Lipinski definition) is 1. The molecule has 2 aromatic carbocycles. The highest BCUT2D eigenvalue weighted by Gasteiger charge is 2.15. The van der Waals surface area contributed by atoms with Gasteiger partial charge in [-0.2, -0.15) is 0 Å². The first kappa shape index (κ1) is 18.5. The molecule has 3 rings (SSSR count). The first-order valence-electron chi connectivity index (χ1n) is 7.46. The van der Waals surface area contributed by atoms with Gasteiger partial charge in [0.1, 0.15) is 11.5 Å². The van der Waals surface area contributed by atoms with Crippen molar-refractivity contribution in [2.45, 2.75) is 0 Å². The van der Waals surface area contributed by atoms with E-state index in [0.29, 0.717) is 32.9 Å². The van der Waals surface area contributed by atoms with Gasteiger partial charge in [-0.25, -0.2) is 4.98 Å². The molecular formula is C18H14Cl2N2O3S. The molecule has 8 heteroatoms. The summed E-state index contributed by atoms with van der Waals surface area (Å²) in [7, 11) is 3.18. The van der Waals surface area contributed by atoms with Crippen molar-refractivity contribution in [3.05, 3.63) is 57.4 Å². The van der Waals surface area contributed by atoms with Crippen LogP contribution in [0.3, 0.4) is 0 Å². The fourth-order valence-corrected chi connectivity index (χ4v) is 3.51. The highest BCUT2D eigenvalue weighted by molar-refractivity contribution is 7.14. The molecule has 1 heterocycles. The fourth-order valence-electron chi connectivity index (χ4n) is 2.31. The summed E-state index contributed by atoms with van der Waals surface area (Å²) in [6, 6.07) is 10.1. The number of hydrogen-bond acceptors (Lipinski definition) is 5. The van der Waals surface area contributed by atoms with Gasteiger partial charge in [0.05, 0.1) is 30.5 Å². The van der Waals surface area contributed by atoms with E-state index in [4.69, 9.17) is 32.7 Å². The van der Waals surface area contributed by atoms with Gasteiger partial charge in [-0.05, 0) is 36.4 Å². The van der Waals surface area contributed by atoms with Gasteiger partial charge in [0, 0.05) is 16.0 Å². The average molecular weight is 409 g/mol. The molecule has 0 unspecified atom stereocenters. The topological polar surface area (TPSA) is 60.5 Å². The van der Waals surface area contributed by atoms with Gasteiger partial charge < -0.3 is 9.47 Å². The Balaban J connectivity index is 1.85. The lowest BCUT2D eigenvalue weighted by Gasteiger charge is -2.08. The zero-order valence-corrected chi connectivity index (χ0v) is 16.2. The van der Waals surface area contributed by atoms with Gasteiger partial charge in [-0.15, -0.1) is 11.3 Å². The van der Waals surface area contributed by atoms with Crippen LogP contribution in [-0.2, 0) is 0 Å². The maximum Gasteiger partial charge on any atom is 0.258 e. The Kier molecular flexibility index (Phi) is 5.66. The van der Waals surface area contributed by atoms with Gasteiger partial charge in [0.15, 0.2) is 5.13 Å². The second kappa shape index (κ2) is 7.95. The number of nitrogens with one attached hydrogen (secondary N) is 1. The van der Waals surface area contributed by atoms with Crippen molar-refractivity contribution >= 4 is 45.6 Å². The second-order valence-corrected chi connectivity index (χ2v) is 6.88. The van der Waals surface area contributed by atoms with Gasteiger partial charge >= 0.3 is 0 Å². The lowest BCUT2D eigenvalue weighted by atomic mass is 10.1. The number of thiazole rings is 1. The zero-order valence-electron chi connectivity index (χ0n) is 13.9. The standard InChI is InChI=1S/C18H14Cl2N2O3S/c1-24-11-4-6-16(25-2)13(8-11)15-9-26-18(21-15)22-17(23)12-5-3-10(19)7-14(12)20/h3-9H,1-2H3,(H,21,22,23). The van der Waals surface area contributed by atoms with Crippen molar-refractivity contribution in [2.24, 2.45) is 0 Å². The van der Waals surface area contributed by atoms with E-state index in [9.17, 15) is 4.79 Å². The molecule has 0 aliphatic rings. The molecule has 0 aliphatic heterocycles. The molecule has 0 fully saturated rings. The zero-order chi connectivity index (χ0) is 18.7. The number of aromatic nitrogens is 1. The first-order valence-corrected chi connectivity index (χ1v) is 9.09. The molecular weight excluding hydrogens is 395 g/mol. The number of halogens is 2. The van der Waals surface area contributed by atoms with Crippen molar-refractivity contribution in [1.29, 1.82) is 0 Å². The number of amides is 1. The third-order valence-electron chi connectivity index (χ3n) is 3.58. The van der Waals surface area contributed by atoms with Crippen molar-refractivity contribution in [2.75, 3.05) is 19.5 Å². The summed E-state index contributed by atoms with van der Waals surface area (Å²) in [5, 5.41) is 5.76. The van der Waals surface area contributed by atoms with E-state index in [1.807, 2.05) is 11.4 Å². The lowest BCUT2D eigenvalue weighted by Crippen LogP contribution is -2.12. The summed E-state index contributed by atoms with van der Waals surface area (Å²) in [4.78, 5) is 16.9. The molecule has 134 valence electrons. The van der Waals surface area contributed by atoms with Crippen LogP contribution in [0.2, 0.25) is 10.0 Å². The van der Waals surface area contributed by atoms with Crippen molar-refractivity contribution in [3.63, 3.8) is 0 Å². The third kappa shape index (κ3) is 3.93.